The largest absolute Gasteiger partial charge is 0.348 e. The molecule has 2 heterocycles. The molecule has 0 aliphatic carbocycles. The van der Waals surface area contributed by atoms with Gasteiger partial charge in [-0.3, -0.25) is 0 Å². The fourth-order valence-corrected chi connectivity index (χ4v) is 1.40. The summed E-state index contributed by atoms with van der Waals surface area (Å²) in [7, 11) is 0. The van der Waals surface area contributed by atoms with Crippen molar-refractivity contribution in [2.75, 3.05) is 6.54 Å². The second-order valence-electron chi connectivity index (χ2n) is 3.45. The Balaban J connectivity index is 1.70. The van der Waals surface area contributed by atoms with Crippen molar-refractivity contribution >= 4 is 0 Å². The number of hydrogen-bond donors (Lipinski definition) is 2. The summed E-state index contributed by atoms with van der Waals surface area (Å²) in [6.07, 6.45) is 7.29. The van der Waals surface area contributed by atoms with Crippen molar-refractivity contribution in [3.8, 4) is 0 Å². The number of aromatic nitrogens is 4. The smallest absolute Gasteiger partial charge is 0.0946 e. The zero-order valence-electron chi connectivity index (χ0n) is 8.77. The number of aryl methyl sites for hydroxylation is 1. The lowest BCUT2D eigenvalue weighted by atomic mass is 10.3. The Morgan fingerprint density at radius 2 is 2.47 bits per heavy atom. The Bertz CT molecular complexity index is 390. The van der Waals surface area contributed by atoms with Gasteiger partial charge in [0.05, 0.1) is 18.3 Å². The zero-order chi connectivity index (χ0) is 10.5. The quantitative estimate of drug-likeness (QED) is 0.707. The molecule has 2 N–H and O–H groups in total. The summed E-state index contributed by atoms with van der Waals surface area (Å²) in [4.78, 5) is 11.3. The molecule has 0 aliphatic heterocycles. The van der Waals surface area contributed by atoms with Crippen LogP contribution in [0.5, 0.6) is 0 Å². The molecule has 0 aromatic carbocycles. The van der Waals surface area contributed by atoms with Gasteiger partial charge in [0, 0.05) is 37.7 Å². The van der Waals surface area contributed by atoms with Gasteiger partial charge in [-0.15, -0.1) is 0 Å². The molecule has 0 amide bonds. The van der Waals surface area contributed by atoms with Gasteiger partial charge < -0.3 is 14.9 Å². The molecule has 2 aromatic heterocycles. The molecule has 2 rings (SSSR count). The van der Waals surface area contributed by atoms with Gasteiger partial charge in [-0.1, -0.05) is 0 Å². The highest BCUT2D eigenvalue weighted by atomic mass is 15.0. The van der Waals surface area contributed by atoms with Gasteiger partial charge >= 0.3 is 0 Å². The van der Waals surface area contributed by atoms with Crippen molar-refractivity contribution in [3.63, 3.8) is 0 Å². The molecular formula is C10H15N5. The molecule has 0 atom stereocenters. The average Bonchev–Trinajstić information content (AvgIpc) is 2.85. The molecule has 0 aliphatic rings. The molecule has 0 radical (unpaired) electrons. The van der Waals surface area contributed by atoms with Gasteiger partial charge in [0.25, 0.3) is 0 Å². The minimum Gasteiger partial charge on any atom is -0.348 e. The van der Waals surface area contributed by atoms with E-state index in [1.54, 1.807) is 12.5 Å². The summed E-state index contributed by atoms with van der Waals surface area (Å²) < 4.78 is 2.05. The fourth-order valence-electron chi connectivity index (χ4n) is 1.40. The molecule has 15 heavy (non-hydrogen) atoms. The molecule has 0 fully saturated rings. The van der Waals surface area contributed by atoms with Crippen molar-refractivity contribution < 1.29 is 0 Å². The lowest BCUT2D eigenvalue weighted by Crippen LogP contribution is -2.19. The van der Waals surface area contributed by atoms with Gasteiger partial charge in [-0.2, -0.15) is 0 Å². The number of nitrogens with one attached hydrogen (secondary N) is 2. The van der Waals surface area contributed by atoms with E-state index < -0.39 is 0 Å². The van der Waals surface area contributed by atoms with Crippen LogP contribution in [0.25, 0.3) is 0 Å². The van der Waals surface area contributed by atoms with Crippen LogP contribution in [0.1, 0.15) is 11.4 Å². The molecule has 80 valence electrons. The first-order valence-electron chi connectivity index (χ1n) is 5.01. The highest BCUT2D eigenvalue weighted by Crippen LogP contribution is 1.98. The van der Waals surface area contributed by atoms with Crippen molar-refractivity contribution in [2.45, 2.75) is 20.0 Å². The van der Waals surface area contributed by atoms with Crippen LogP contribution < -0.4 is 5.32 Å². The number of hydrogen-bond acceptors (Lipinski definition) is 3. The number of rotatable bonds is 5. The summed E-state index contributed by atoms with van der Waals surface area (Å²) in [5.74, 6) is 0. The minimum absolute atomic E-state index is 0.810. The third-order valence-corrected chi connectivity index (χ3v) is 2.33. The van der Waals surface area contributed by atoms with E-state index in [2.05, 4.69) is 20.3 Å². The van der Waals surface area contributed by atoms with Gasteiger partial charge in [-0.05, 0) is 6.92 Å². The van der Waals surface area contributed by atoms with Crippen LogP contribution in [0.3, 0.4) is 0 Å². The first kappa shape index (κ1) is 9.92. The van der Waals surface area contributed by atoms with Crippen LogP contribution >= 0.6 is 0 Å². The van der Waals surface area contributed by atoms with E-state index in [1.165, 1.54) is 0 Å². The molecule has 5 heteroatoms. The number of imidazole rings is 2. The average molecular weight is 205 g/mol. The first-order valence-corrected chi connectivity index (χ1v) is 5.01. The molecule has 0 spiro atoms. The topological polar surface area (TPSA) is 58.5 Å². The van der Waals surface area contributed by atoms with Gasteiger partial charge in [0.1, 0.15) is 0 Å². The maximum Gasteiger partial charge on any atom is 0.0946 e. The Labute approximate surface area is 88.6 Å². The normalized spacial score (nSPS) is 10.7. The number of aromatic amines is 1. The predicted molar refractivity (Wildman–Crippen MR) is 57.3 cm³/mol. The summed E-state index contributed by atoms with van der Waals surface area (Å²) in [6, 6.07) is 0. The van der Waals surface area contributed by atoms with Crippen LogP contribution in [0, 0.1) is 6.92 Å². The number of H-pyrrole nitrogens is 1. The predicted octanol–water partition coefficient (Wildman–Crippen LogP) is 0.704. The summed E-state index contributed by atoms with van der Waals surface area (Å²) >= 11 is 0. The second kappa shape index (κ2) is 4.75. The van der Waals surface area contributed by atoms with Crippen LogP contribution in [-0.2, 0) is 13.1 Å². The van der Waals surface area contributed by atoms with E-state index in [0.717, 1.165) is 31.0 Å². The van der Waals surface area contributed by atoms with Crippen LogP contribution in [0.2, 0.25) is 0 Å². The first-order chi connectivity index (χ1) is 7.36. The fraction of sp³-hybridized carbons (Fsp3) is 0.400. The molecule has 5 nitrogen and oxygen atoms in total. The summed E-state index contributed by atoms with van der Waals surface area (Å²) in [6.45, 7) is 4.69. The van der Waals surface area contributed by atoms with E-state index >= 15 is 0 Å². The van der Waals surface area contributed by atoms with E-state index in [-0.39, 0.29) is 0 Å². The Morgan fingerprint density at radius 3 is 3.13 bits per heavy atom. The molecule has 0 unspecified atom stereocenters. The SMILES string of the molecule is Cc1[nH]cnc1CNCCn1ccnc1. The maximum atomic E-state index is 4.21. The number of nitrogens with zero attached hydrogens (tertiary/aromatic N) is 3. The van der Waals surface area contributed by atoms with Crippen molar-refractivity contribution in [1.82, 2.24) is 24.8 Å². The highest BCUT2D eigenvalue weighted by Gasteiger charge is 1.99. The van der Waals surface area contributed by atoms with Gasteiger partial charge in [0.2, 0.25) is 0 Å². The van der Waals surface area contributed by atoms with Crippen LogP contribution in [0.15, 0.2) is 25.0 Å². The Kier molecular flexibility index (Phi) is 3.14. The summed E-state index contributed by atoms with van der Waals surface area (Å²) in [5, 5.41) is 3.34. The monoisotopic (exact) mass is 205 g/mol. The van der Waals surface area contributed by atoms with Crippen molar-refractivity contribution in [3.05, 3.63) is 36.4 Å². The van der Waals surface area contributed by atoms with E-state index in [1.807, 2.05) is 24.0 Å². The lowest BCUT2D eigenvalue weighted by molar-refractivity contribution is 0.592. The molecule has 0 saturated carbocycles. The van der Waals surface area contributed by atoms with E-state index in [4.69, 9.17) is 0 Å². The van der Waals surface area contributed by atoms with Crippen molar-refractivity contribution in [2.24, 2.45) is 0 Å². The van der Waals surface area contributed by atoms with Gasteiger partial charge in [-0.25, -0.2) is 9.97 Å². The lowest BCUT2D eigenvalue weighted by Gasteiger charge is -2.04. The molecule has 0 saturated heterocycles. The maximum absolute atomic E-state index is 4.21. The highest BCUT2D eigenvalue weighted by molar-refractivity contribution is 5.07. The van der Waals surface area contributed by atoms with Crippen molar-refractivity contribution in [1.29, 1.82) is 0 Å². The summed E-state index contributed by atoms with van der Waals surface area (Å²) in [5.41, 5.74) is 2.21. The second-order valence-corrected chi connectivity index (χ2v) is 3.45. The molecule has 0 bridgehead atoms. The minimum atomic E-state index is 0.810. The Morgan fingerprint density at radius 1 is 1.53 bits per heavy atom. The van der Waals surface area contributed by atoms with E-state index in [0.29, 0.717) is 0 Å². The van der Waals surface area contributed by atoms with E-state index in [9.17, 15) is 0 Å². The standard InChI is InChI=1S/C10H15N5/c1-9-10(14-7-13-9)6-11-2-4-15-5-3-12-8-15/h3,5,7-8,11H,2,4,6H2,1H3,(H,13,14). The third-order valence-electron chi connectivity index (χ3n) is 2.33. The Hall–Kier alpha value is -1.62. The van der Waals surface area contributed by atoms with Gasteiger partial charge in [0.15, 0.2) is 0 Å². The van der Waals surface area contributed by atoms with Crippen LogP contribution in [0.4, 0.5) is 0 Å². The zero-order valence-corrected chi connectivity index (χ0v) is 8.77. The van der Waals surface area contributed by atoms with Crippen LogP contribution in [-0.4, -0.2) is 26.1 Å². The molecule has 2 aromatic rings. The molecular weight excluding hydrogens is 190 g/mol. The third kappa shape index (κ3) is 2.66.